The SMILES string of the molecule is CCCP(Cc1ccccc1)c1ccccc1. The first-order valence-corrected chi connectivity index (χ1v) is 7.95. The molecule has 17 heavy (non-hydrogen) atoms. The van der Waals surface area contributed by atoms with Crippen LogP contribution in [-0.2, 0) is 6.16 Å². The van der Waals surface area contributed by atoms with E-state index in [0.29, 0.717) is 0 Å². The molecule has 0 spiro atoms. The van der Waals surface area contributed by atoms with Crippen molar-refractivity contribution in [3.63, 3.8) is 0 Å². The Morgan fingerprint density at radius 2 is 1.41 bits per heavy atom. The lowest BCUT2D eigenvalue weighted by Crippen LogP contribution is -2.04. The molecule has 1 unspecified atom stereocenters. The van der Waals surface area contributed by atoms with Gasteiger partial charge in [0.25, 0.3) is 0 Å². The van der Waals surface area contributed by atoms with Crippen molar-refractivity contribution < 1.29 is 0 Å². The minimum atomic E-state index is -0.0322. The van der Waals surface area contributed by atoms with Crippen LogP contribution in [0.25, 0.3) is 0 Å². The standard InChI is InChI=1S/C16H19P/c1-2-13-17(16-11-7-4-8-12-16)14-15-9-5-3-6-10-15/h3-12H,2,13-14H2,1H3. The van der Waals surface area contributed by atoms with Gasteiger partial charge in [-0.1, -0.05) is 81.9 Å². The van der Waals surface area contributed by atoms with Crippen molar-refractivity contribution in [1.29, 1.82) is 0 Å². The van der Waals surface area contributed by atoms with E-state index in [2.05, 4.69) is 67.6 Å². The number of benzene rings is 2. The van der Waals surface area contributed by atoms with Gasteiger partial charge in [-0.3, -0.25) is 0 Å². The summed E-state index contributed by atoms with van der Waals surface area (Å²) in [6, 6.07) is 21.8. The van der Waals surface area contributed by atoms with Crippen LogP contribution < -0.4 is 5.30 Å². The van der Waals surface area contributed by atoms with E-state index in [1.807, 2.05) is 0 Å². The molecular weight excluding hydrogens is 223 g/mol. The lowest BCUT2D eigenvalue weighted by molar-refractivity contribution is 1.09. The molecule has 88 valence electrons. The van der Waals surface area contributed by atoms with Crippen molar-refractivity contribution in [2.24, 2.45) is 0 Å². The van der Waals surface area contributed by atoms with Crippen LogP contribution in [0.4, 0.5) is 0 Å². The van der Waals surface area contributed by atoms with Gasteiger partial charge in [0.1, 0.15) is 0 Å². The van der Waals surface area contributed by atoms with Crippen LogP contribution in [0.2, 0.25) is 0 Å². The molecule has 0 amide bonds. The van der Waals surface area contributed by atoms with Crippen LogP contribution in [0.5, 0.6) is 0 Å². The molecular formula is C16H19P. The Morgan fingerprint density at radius 3 is 2.00 bits per heavy atom. The smallest absolute Gasteiger partial charge is 0.00328 e. The zero-order valence-corrected chi connectivity index (χ0v) is 11.2. The third-order valence-corrected chi connectivity index (χ3v) is 5.59. The Balaban J connectivity index is 2.13. The molecule has 0 saturated carbocycles. The monoisotopic (exact) mass is 242 g/mol. The van der Waals surface area contributed by atoms with E-state index in [9.17, 15) is 0 Å². The first-order valence-electron chi connectivity index (χ1n) is 6.24. The van der Waals surface area contributed by atoms with Gasteiger partial charge in [-0.15, -0.1) is 0 Å². The van der Waals surface area contributed by atoms with E-state index in [1.165, 1.54) is 29.6 Å². The highest BCUT2D eigenvalue weighted by atomic mass is 31.1. The van der Waals surface area contributed by atoms with Crippen molar-refractivity contribution in [2.75, 3.05) is 6.16 Å². The first-order chi connectivity index (χ1) is 8.40. The highest BCUT2D eigenvalue weighted by Gasteiger charge is 2.09. The van der Waals surface area contributed by atoms with E-state index in [-0.39, 0.29) is 7.92 Å². The van der Waals surface area contributed by atoms with Crippen LogP contribution in [0.3, 0.4) is 0 Å². The number of rotatable bonds is 5. The summed E-state index contributed by atoms with van der Waals surface area (Å²) >= 11 is 0. The summed E-state index contributed by atoms with van der Waals surface area (Å²) in [5, 5.41) is 1.54. The highest BCUT2D eigenvalue weighted by molar-refractivity contribution is 7.64. The molecule has 2 aromatic carbocycles. The van der Waals surface area contributed by atoms with Crippen molar-refractivity contribution in [3.05, 3.63) is 66.2 Å². The van der Waals surface area contributed by atoms with Gasteiger partial charge in [0.2, 0.25) is 0 Å². The van der Waals surface area contributed by atoms with E-state index in [1.54, 1.807) is 0 Å². The molecule has 0 aliphatic carbocycles. The first kappa shape index (κ1) is 12.3. The minimum absolute atomic E-state index is 0.0322. The Kier molecular flexibility index (Phi) is 4.76. The molecule has 0 heterocycles. The van der Waals surface area contributed by atoms with Gasteiger partial charge in [0.05, 0.1) is 0 Å². The largest absolute Gasteiger partial charge is 0.0709 e. The normalized spacial score (nSPS) is 12.3. The van der Waals surface area contributed by atoms with E-state index in [0.717, 1.165) is 0 Å². The predicted octanol–water partition coefficient (Wildman–Crippen LogP) is 4.40. The maximum absolute atomic E-state index is 2.28. The summed E-state index contributed by atoms with van der Waals surface area (Å²) in [6.45, 7) is 2.28. The fourth-order valence-electron chi connectivity index (χ4n) is 2.01. The van der Waals surface area contributed by atoms with Gasteiger partial charge in [-0.25, -0.2) is 0 Å². The Morgan fingerprint density at radius 1 is 0.824 bits per heavy atom. The van der Waals surface area contributed by atoms with Crippen LogP contribution in [0, 0.1) is 0 Å². The van der Waals surface area contributed by atoms with Crippen LogP contribution >= 0.6 is 7.92 Å². The summed E-state index contributed by atoms with van der Waals surface area (Å²) in [5.74, 6) is 0. The van der Waals surface area contributed by atoms with Crippen LogP contribution in [0.15, 0.2) is 60.7 Å². The molecule has 0 bridgehead atoms. The summed E-state index contributed by atoms with van der Waals surface area (Å²) in [4.78, 5) is 0. The van der Waals surface area contributed by atoms with Crippen molar-refractivity contribution in [3.8, 4) is 0 Å². The molecule has 0 aliphatic rings. The predicted molar refractivity (Wildman–Crippen MR) is 78.3 cm³/mol. The van der Waals surface area contributed by atoms with Crippen molar-refractivity contribution >= 4 is 13.2 Å². The topological polar surface area (TPSA) is 0 Å². The molecule has 0 radical (unpaired) electrons. The fourth-order valence-corrected chi connectivity index (χ4v) is 4.40. The molecule has 2 aromatic rings. The molecule has 0 nitrogen and oxygen atoms in total. The molecule has 0 aromatic heterocycles. The zero-order chi connectivity index (χ0) is 11.9. The lowest BCUT2D eigenvalue weighted by atomic mass is 10.2. The molecule has 0 saturated heterocycles. The van der Waals surface area contributed by atoms with Crippen LogP contribution in [0.1, 0.15) is 18.9 Å². The van der Waals surface area contributed by atoms with E-state index in [4.69, 9.17) is 0 Å². The van der Waals surface area contributed by atoms with Crippen molar-refractivity contribution in [1.82, 2.24) is 0 Å². The quantitative estimate of drug-likeness (QED) is 0.681. The summed E-state index contributed by atoms with van der Waals surface area (Å²) in [5.41, 5.74) is 1.47. The average molecular weight is 242 g/mol. The minimum Gasteiger partial charge on any atom is -0.0709 e. The second-order valence-corrected chi connectivity index (χ2v) is 6.60. The maximum Gasteiger partial charge on any atom is -0.00328 e. The highest BCUT2D eigenvalue weighted by Crippen LogP contribution is 2.39. The van der Waals surface area contributed by atoms with Gasteiger partial charge in [0.15, 0.2) is 0 Å². The molecule has 0 fully saturated rings. The Labute approximate surface area is 105 Å². The molecule has 1 atom stereocenters. The van der Waals surface area contributed by atoms with Crippen molar-refractivity contribution in [2.45, 2.75) is 19.5 Å². The molecule has 1 heteroatoms. The average Bonchev–Trinajstić information content (AvgIpc) is 2.40. The molecule has 0 aliphatic heterocycles. The third kappa shape index (κ3) is 3.68. The van der Waals surface area contributed by atoms with Crippen LogP contribution in [-0.4, -0.2) is 6.16 Å². The number of hydrogen-bond acceptors (Lipinski definition) is 0. The Hall–Kier alpha value is -1.13. The van der Waals surface area contributed by atoms with Gasteiger partial charge in [-0.2, -0.15) is 0 Å². The number of hydrogen-bond donors (Lipinski definition) is 0. The summed E-state index contributed by atoms with van der Waals surface area (Å²) in [7, 11) is -0.0322. The molecule has 0 N–H and O–H groups in total. The summed E-state index contributed by atoms with van der Waals surface area (Å²) in [6.07, 6.45) is 3.82. The second kappa shape index (κ2) is 6.57. The van der Waals surface area contributed by atoms with Gasteiger partial charge in [0, 0.05) is 0 Å². The fraction of sp³-hybridized carbons (Fsp3) is 0.250. The third-order valence-electron chi connectivity index (χ3n) is 2.83. The second-order valence-electron chi connectivity index (χ2n) is 4.24. The van der Waals surface area contributed by atoms with Gasteiger partial charge >= 0.3 is 0 Å². The Bertz CT molecular complexity index is 422. The summed E-state index contributed by atoms with van der Waals surface area (Å²) < 4.78 is 0. The lowest BCUT2D eigenvalue weighted by Gasteiger charge is -2.17. The van der Waals surface area contributed by atoms with Gasteiger partial charge < -0.3 is 0 Å². The molecule has 2 rings (SSSR count). The maximum atomic E-state index is 2.28. The zero-order valence-electron chi connectivity index (χ0n) is 10.3. The van der Waals surface area contributed by atoms with E-state index < -0.39 is 0 Å². The van der Waals surface area contributed by atoms with Gasteiger partial charge in [-0.05, 0) is 23.2 Å². The van der Waals surface area contributed by atoms with E-state index >= 15 is 0 Å².